The summed E-state index contributed by atoms with van der Waals surface area (Å²) in [7, 11) is -3.46. The Hall–Kier alpha value is -1.07. The second-order valence-electron chi connectivity index (χ2n) is 4.06. The van der Waals surface area contributed by atoms with Crippen molar-refractivity contribution < 1.29 is 17.9 Å². The minimum Gasteiger partial charge on any atom is -0.491 e. The van der Waals surface area contributed by atoms with E-state index >= 15 is 0 Å². The second kappa shape index (κ2) is 6.20. The van der Waals surface area contributed by atoms with Crippen molar-refractivity contribution in [3.8, 4) is 5.75 Å². The Morgan fingerprint density at radius 1 is 1.28 bits per heavy atom. The number of sulfone groups is 1. The van der Waals surface area contributed by atoms with Gasteiger partial charge in [0.15, 0.2) is 9.84 Å². The van der Waals surface area contributed by atoms with E-state index in [1.807, 2.05) is 13.8 Å². The van der Waals surface area contributed by atoms with E-state index in [0.29, 0.717) is 5.75 Å². The molecule has 0 bridgehead atoms. The van der Waals surface area contributed by atoms with E-state index < -0.39 is 15.1 Å². The summed E-state index contributed by atoms with van der Waals surface area (Å²) in [5.74, 6) is 0.331. The zero-order valence-electron chi connectivity index (χ0n) is 10.2. The van der Waals surface area contributed by atoms with Crippen LogP contribution in [-0.4, -0.2) is 25.5 Å². The van der Waals surface area contributed by atoms with E-state index in [0.717, 1.165) is 0 Å². The smallest absolute Gasteiger partial charge is 0.222 e. The first-order valence-corrected chi connectivity index (χ1v) is 7.52. The Morgan fingerprint density at radius 2 is 1.83 bits per heavy atom. The highest BCUT2D eigenvalue weighted by molar-refractivity contribution is 7.91. The normalized spacial score (nSPS) is 11.6. The van der Waals surface area contributed by atoms with Gasteiger partial charge in [-0.05, 0) is 49.7 Å². The SMILES string of the molecule is CC(C)Oc1ccc(S(=O)(=O)CCC(=O)Cl)cc1. The summed E-state index contributed by atoms with van der Waals surface area (Å²) >= 11 is 5.13. The molecule has 0 atom stereocenters. The molecule has 0 aliphatic rings. The molecule has 0 N–H and O–H groups in total. The highest BCUT2D eigenvalue weighted by Gasteiger charge is 2.15. The largest absolute Gasteiger partial charge is 0.491 e. The van der Waals surface area contributed by atoms with Crippen LogP contribution in [0.25, 0.3) is 0 Å². The van der Waals surface area contributed by atoms with Gasteiger partial charge in [-0.15, -0.1) is 0 Å². The molecule has 0 aliphatic heterocycles. The number of halogens is 1. The number of carbonyl (C=O) groups excluding carboxylic acids is 1. The topological polar surface area (TPSA) is 60.4 Å². The Balaban J connectivity index is 2.81. The van der Waals surface area contributed by atoms with Crippen LogP contribution < -0.4 is 4.74 Å². The summed E-state index contributed by atoms with van der Waals surface area (Å²) in [6.45, 7) is 3.77. The monoisotopic (exact) mass is 290 g/mol. The lowest BCUT2D eigenvalue weighted by molar-refractivity contribution is -0.111. The zero-order valence-corrected chi connectivity index (χ0v) is 11.8. The van der Waals surface area contributed by atoms with Gasteiger partial charge in [-0.1, -0.05) is 0 Å². The summed E-state index contributed by atoms with van der Waals surface area (Å²) in [6, 6.07) is 6.11. The maximum absolute atomic E-state index is 11.8. The van der Waals surface area contributed by atoms with Gasteiger partial charge in [-0.25, -0.2) is 8.42 Å². The molecule has 0 saturated carbocycles. The van der Waals surface area contributed by atoms with Crippen molar-refractivity contribution in [2.45, 2.75) is 31.3 Å². The predicted molar refractivity (Wildman–Crippen MR) is 69.7 cm³/mol. The summed E-state index contributed by atoms with van der Waals surface area (Å²) in [5.41, 5.74) is 0. The van der Waals surface area contributed by atoms with Crippen LogP contribution in [-0.2, 0) is 14.6 Å². The highest BCUT2D eigenvalue weighted by Crippen LogP contribution is 2.18. The van der Waals surface area contributed by atoms with Crippen molar-refractivity contribution in [2.24, 2.45) is 0 Å². The molecule has 6 heteroatoms. The van der Waals surface area contributed by atoms with Gasteiger partial charge in [0.1, 0.15) is 5.75 Å². The molecule has 18 heavy (non-hydrogen) atoms. The summed E-state index contributed by atoms with van der Waals surface area (Å²) in [6.07, 6.45) is -0.157. The molecule has 4 nitrogen and oxygen atoms in total. The molecule has 0 unspecified atom stereocenters. The Bertz CT molecular complexity index is 505. The number of benzene rings is 1. The lowest BCUT2D eigenvalue weighted by atomic mass is 10.3. The third kappa shape index (κ3) is 4.66. The average Bonchev–Trinajstić information content (AvgIpc) is 2.26. The summed E-state index contributed by atoms with van der Waals surface area (Å²) in [5, 5.41) is -0.654. The Labute approximate surface area is 112 Å². The van der Waals surface area contributed by atoms with Gasteiger partial charge in [0, 0.05) is 6.42 Å². The molecule has 0 radical (unpaired) electrons. The fourth-order valence-corrected chi connectivity index (χ4v) is 2.78. The predicted octanol–water partition coefficient (Wildman–Crippen LogP) is 2.40. The van der Waals surface area contributed by atoms with E-state index in [1.165, 1.54) is 12.1 Å². The van der Waals surface area contributed by atoms with Crippen molar-refractivity contribution in [3.05, 3.63) is 24.3 Å². The summed E-state index contributed by atoms with van der Waals surface area (Å²) in [4.78, 5) is 10.7. The lowest BCUT2D eigenvalue weighted by Gasteiger charge is -2.10. The molecular formula is C12H15ClO4S. The molecule has 0 spiro atoms. The third-order valence-corrected chi connectivity index (χ3v) is 4.04. The quantitative estimate of drug-likeness (QED) is 0.755. The number of rotatable bonds is 6. The molecule has 0 aromatic heterocycles. The van der Waals surface area contributed by atoms with Crippen molar-refractivity contribution in [1.82, 2.24) is 0 Å². The standard InChI is InChI=1S/C12H15ClO4S/c1-9(2)17-10-3-5-11(6-4-10)18(15,16)8-7-12(13)14/h3-6,9H,7-8H2,1-2H3. The molecule has 0 saturated heterocycles. The van der Waals surface area contributed by atoms with Crippen LogP contribution in [0.1, 0.15) is 20.3 Å². The number of carbonyl (C=O) groups is 1. The van der Waals surface area contributed by atoms with Crippen LogP contribution in [0.3, 0.4) is 0 Å². The molecule has 0 heterocycles. The fraction of sp³-hybridized carbons (Fsp3) is 0.417. The lowest BCUT2D eigenvalue weighted by Crippen LogP contribution is -2.09. The molecule has 100 valence electrons. The molecule has 0 amide bonds. The van der Waals surface area contributed by atoms with E-state index in [9.17, 15) is 13.2 Å². The highest BCUT2D eigenvalue weighted by atomic mass is 35.5. The van der Waals surface area contributed by atoms with E-state index in [2.05, 4.69) is 0 Å². The van der Waals surface area contributed by atoms with Crippen LogP contribution in [0.2, 0.25) is 0 Å². The van der Waals surface area contributed by atoms with Crippen molar-refractivity contribution in [2.75, 3.05) is 5.75 Å². The first kappa shape index (κ1) is 15.0. The van der Waals surface area contributed by atoms with E-state index in [1.54, 1.807) is 12.1 Å². The maximum Gasteiger partial charge on any atom is 0.222 e. The van der Waals surface area contributed by atoms with Crippen molar-refractivity contribution >= 4 is 26.7 Å². The Morgan fingerprint density at radius 3 is 2.28 bits per heavy atom. The van der Waals surface area contributed by atoms with Gasteiger partial charge >= 0.3 is 0 Å². The molecule has 1 aromatic rings. The van der Waals surface area contributed by atoms with Crippen LogP contribution in [0.15, 0.2) is 29.2 Å². The first-order valence-electron chi connectivity index (χ1n) is 5.49. The number of hydrogen-bond donors (Lipinski definition) is 0. The number of hydrogen-bond acceptors (Lipinski definition) is 4. The van der Waals surface area contributed by atoms with Gasteiger partial charge in [0.25, 0.3) is 0 Å². The van der Waals surface area contributed by atoms with Crippen LogP contribution in [0.4, 0.5) is 0 Å². The molecule has 0 fully saturated rings. The Kier molecular flexibility index (Phi) is 5.16. The average molecular weight is 291 g/mol. The van der Waals surface area contributed by atoms with E-state index in [4.69, 9.17) is 16.3 Å². The first-order chi connectivity index (χ1) is 8.31. The molecular weight excluding hydrogens is 276 g/mol. The van der Waals surface area contributed by atoms with Crippen LogP contribution in [0, 0.1) is 0 Å². The number of ether oxygens (including phenoxy) is 1. The van der Waals surface area contributed by atoms with Gasteiger partial charge in [-0.3, -0.25) is 4.79 Å². The molecule has 1 aromatic carbocycles. The van der Waals surface area contributed by atoms with Gasteiger partial charge in [0.2, 0.25) is 5.24 Å². The van der Waals surface area contributed by atoms with Crippen molar-refractivity contribution in [1.29, 1.82) is 0 Å². The second-order valence-corrected chi connectivity index (χ2v) is 6.59. The van der Waals surface area contributed by atoms with Crippen molar-refractivity contribution in [3.63, 3.8) is 0 Å². The molecule has 0 aliphatic carbocycles. The fourth-order valence-electron chi connectivity index (χ4n) is 1.33. The zero-order chi connectivity index (χ0) is 13.8. The minimum atomic E-state index is -3.46. The summed E-state index contributed by atoms with van der Waals surface area (Å²) < 4.78 is 29.0. The maximum atomic E-state index is 11.8. The van der Waals surface area contributed by atoms with Gasteiger partial charge in [0.05, 0.1) is 16.8 Å². The van der Waals surface area contributed by atoms with Crippen LogP contribution >= 0.6 is 11.6 Å². The van der Waals surface area contributed by atoms with Gasteiger partial charge in [-0.2, -0.15) is 0 Å². The third-order valence-electron chi connectivity index (χ3n) is 2.12. The van der Waals surface area contributed by atoms with E-state index in [-0.39, 0.29) is 23.2 Å². The minimum absolute atomic E-state index is 0.0290. The van der Waals surface area contributed by atoms with Gasteiger partial charge < -0.3 is 4.74 Å². The molecule has 1 rings (SSSR count). The van der Waals surface area contributed by atoms with Crippen LogP contribution in [0.5, 0.6) is 5.75 Å².